The van der Waals surface area contributed by atoms with Crippen LogP contribution in [0.4, 0.5) is 0 Å². The van der Waals surface area contributed by atoms with Crippen LogP contribution in [0.3, 0.4) is 0 Å². The zero-order chi connectivity index (χ0) is 19.6. The van der Waals surface area contributed by atoms with Crippen molar-refractivity contribution in [2.45, 2.75) is 25.6 Å². The summed E-state index contributed by atoms with van der Waals surface area (Å²) < 4.78 is 23.9. The SMILES string of the molecule is O=C(Cn1nnc(-c2ccsc2)n1)N(Cc1ccccc1)[C@@H]1CCS(=O)(=O)C1. The number of tetrazole rings is 1. The predicted molar refractivity (Wildman–Crippen MR) is 105 cm³/mol. The van der Waals surface area contributed by atoms with Gasteiger partial charge in [0.1, 0.15) is 6.54 Å². The number of amides is 1. The quantitative estimate of drug-likeness (QED) is 0.604. The molecule has 1 aromatic carbocycles. The minimum absolute atomic E-state index is 0.00346. The van der Waals surface area contributed by atoms with Crippen molar-refractivity contribution in [3.8, 4) is 11.4 Å². The van der Waals surface area contributed by atoms with Gasteiger partial charge in [0, 0.05) is 23.5 Å². The molecule has 0 saturated carbocycles. The second-order valence-electron chi connectivity index (χ2n) is 6.72. The number of carbonyl (C=O) groups is 1. The highest BCUT2D eigenvalue weighted by molar-refractivity contribution is 7.91. The number of sulfone groups is 1. The van der Waals surface area contributed by atoms with Gasteiger partial charge in [0.15, 0.2) is 9.84 Å². The fourth-order valence-electron chi connectivity index (χ4n) is 3.25. The molecule has 0 unspecified atom stereocenters. The van der Waals surface area contributed by atoms with Gasteiger partial charge >= 0.3 is 0 Å². The average molecular weight is 418 g/mol. The van der Waals surface area contributed by atoms with Crippen molar-refractivity contribution in [3.63, 3.8) is 0 Å². The van der Waals surface area contributed by atoms with E-state index in [1.54, 1.807) is 4.90 Å². The van der Waals surface area contributed by atoms with E-state index in [-0.39, 0.29) is 30.0 Å². The summed E-state index contributed by atoms with van der Waals surface area (Å²) in [6.07, 6.45) is 0.450. The summed E-state index contributed by atoms with van der Waals surface area (Å²) in [5.74, 6) is 0.351. The maximum atomic E-state index is 13.0. The van der Waals surface area contributed by atoms with Gasteiger partial charge in [-0.15, -0.1) is 10.2 Å². The first kappa shape index (κ1) is 18.8. The molecule has 0 aliphatic carbocycles. The zero-order valence-corrected chi connectivity index (χ0v) is 16.6. The molecule has 3 aromatic rings. The fourth-order valence-corrected chi connectivity index (χ4v) is 5.62. The maximum absolute atomic E-state index is 13.0. The summed E-state index contributed by atoms with van der Waals surface area (Å²) in [7, 11) is -3.11. The van der Waals surface area contributed by atoms with E-state index < -0.39 is 9.84 Å². The summed E-state index contributed by atoms with van der Waals surface area (Å²) >= 11 is 1.53. The summed E-state index contributed by atoms with van der Waals surface area (Å²) in [5.41, 5.74) is 1.80. The average Bonchev–Trinajstić information content (AvgIpc) is 3.41. The lowest BCUT2D eigenvalue weighted by Gasteiger charge is -2.28. The molecule has 1 atom stereocenters. The molecule has 4 rings (SSSR count). The van der Waals surface area contributed by atoms with E-state index >= 15 is 0 Å². The van der Waals surface area contributed by atoms with E-state index in [4.69, 9.17) is 0 Å². The van der Waals surface area contributed by atoms with Crippen LogP contribution in [-0.2, 0) is 27.7 Å². The smallest absolute Gasteiger partial charge is 0.246 e. The van der Waals surface area contributed by atoms with Gasteiger partial charge in [-0.05, 0) is 28.6 Å². The summed E-state index contributed by atoms with van der Waals surface area (Å²) in [6, 6.07) is 11.1. The predicted octanol–water partition coefficient (Wildman–Crippen LogP) is 1.62. The molecular weight excluding hydrogens is 398 g/mol. The summed E-state index contributed by atoms with van der Waals surface area (Å²) in [5, 5.41) is 16.1. The lowest BCUT2D eigenvalue weighted by Crippen LogP contribution is -2.42. The molecule has 28 heavy (non-hydrogen) atoms. The van der Waals surface area contributed by atoms with Gasteiger partial charge in [-0.3, -0.25) is 4.79 Å². The van der Waals surface area contributed by atoms with Crippen LogP contribution in [0.2, 0.25) is 0 Å². The monoisotopic (exact) mass is 417 g/mol. The van der Waals surface area contributed by atoms with E-state index in [1.165, 1.54) is 16.1 Å². The van der Waals surface area contributed by atoms with Crippen molar-refractivity contribution in [1.82, 2.24) is 25.1 Å². The minimum atomic E-state index is -3.11. The molecule has 10 heteroatoms. The number of nitrogens with zero attached hydrogens (tertiary/aromatic N) is 5. The Morgan fingerprint density at radius 1 is 1.25 bits per heavy atom. The molecule has 2 aromatic heterocycles. The van der Waals surface area contributed by atoms with Gasteiger partial charge in [0.25, 0.3) is 0 Å². The number of thiophene rings is 1. The fraction of sp³-hybridized carbons (Fsp3) is 0.333. The molecule has 1 fully saturated rings. The number of benzene rings is 1. The Hall–Kier alpha value is -2.59. The highest BCUT2D eigenvalue weighted by Gasteiger charge is 2.35. The van der Waals surface area contributed by atoms with Crippen LogP contribution in [0, 0.1) is 0 Å². The van der Waals surface area contributed by atoms with Crippen molar-refractivity contribution in [2.24, 2.45) is 0 Å². The van der Waals surface area contributed by atoms with Crippen LogP contribution in [0.15, 0.2) is 47.2 Å². The molecule has 0 bridgehead atoms. The molecule has 8 nitrogen and oxygen atoms in total. The van der Waals surface area contributed by atoms with E-state index in [9.17, 15) is 13.2 Å². The van der Waals surface area contributed by atoms with E-state index in [1.807, 2.05) is 47.2 Å². The summed E-state index contributed by atoms with van der Waals surface area (Å²) in [6.45, 7) is 0.270. The Morgan fingerprint density at radius 2 is 2.07 bits per heavy atom. The molecule has 146 valence electrons. The maximum Gasteiger partial charge on any atom is 0.246 e. The second-order valence-corrected chi connectivity index (χ2v) is 9.73. The number of aromatic nitrogens is 4. The van der Waals surface area contributed by atoms with Crippen LogP contribution < -0.4 is 0 Å². The van der Waals surface area contributed by atoms with Gasteiger partial charge in [-0.1, -0.05) is 30.3 Å². The Labute approximate surface area is 166 Å². The van der Waals surface area contributed by atoms with Gasteiger partial charge < -0.3 is 4.90 Å². The molecule has 1 aliphatic rings. The van der Waals surface area contributed by atoms with Gasteiger partial charge in [-0.2, -0.15) is 16.1 Å². The Morgan fingerprint density at radius 3 is 2.75 bits per heavy atom. The lowest BCUT2D eigenvalue weighted by molar-refractivity contribution is -0.134. The van der Waals surface area contributed by atoms with Crippen LogP contribution >= 0.6 is 11.3 Å². The third kappa shape index (κ3) is 4.28. The van der Waals surface area contributed by atoms with Crippen LogP contribution in [0.1, 0.15) is 12.0 Å². The molecule has 1 amide bonds. The van der Waals surface area contributed by atoms with Crippen molar-refractivity contribution in [1.29, 1.82) is 0 Å². The van der Waals surface area contributed by atoms with Crippen LogP contribution in [-0.4, -0.2) is 57.0 Å². The first-order chi connectivity index (χ1) is 13.5. The lowest BCUT2D eigenvalue weighted by atomic mass is 10.1. The van der Waals surface area contributed by atoms with Crippen molar-refractivity contribution >= 4 is 27.1 Å². The Kier molecular flexibility index (Phi) is 5.23. The zero-order valence-electron chi connectivity index (χ0n) is 15.0. The first-order valence-corrected chi connectivity index (χ1v) is 11.6. The van der Waals surface area contributed by atoms with Gasteiger partial charge in [-0.25, -0.2) is 8.42 Å². The van der Waals surface area contributed by atoms with Crippen LogP contribution in [0.25, 0.3) is 11.4 Å². The van der Waals surface area contributed by atoms with E-state index in [2.05, 4.69) is 15.4 Å². The third-order valence-corrected chi connectivity index (χ3v) is 7.11. The van der Waals surface area contributed by atoms with E-state index in [0.717, 1.165) is 11.1 Å². The van der Waals surface area contributed by atoms with Crippen molar-refractivity contribution < 1.29 is 13.2 Å². The van der Waals surface area contributed by atoms with Crippen LogP contribution in [0.5, 0.6) is 0 Å². The first-order valence-electron chi connectivity index (χ1n) is 8.84. The Balaban J connectivity index is 1.53. The molecule has 1 saturated heterocycles. The summed E-state index contributed by atoms with van der Waals surface area (Å²) in [4.78, 5) is 15.9. The third-order valence-electron chi connectivity index (χ3n) is 4.67. The van der Waals surface area contributed by atoms with Gasteiger partial charge in [0.05, 0.1) is 11.5 Å². The highest BCUT2D eigenvalue weighted by Crippen LogP contribution is 2.21. The highest BCUT2D eigenvalue weighted by atomic mass is 32.2. The molecule has 0 N–H and O–H groups in total. The second kappa shape index (κ2) is 7.80. The van der Waals surface area contributed by atoms with Crippen molar-refractivity contribution in [3.05, 3.63) is 52.7 Å². The number of hydrogen-bond acceptors (Lipinski definition) is 7. The number of carbonyl (C=O) groups excluding carboxylic acids is 1. The standard InChI is InChI=1S/C18H19N5O3S2/c24-17(11-23-20-18(19-21-23)15-6-8-27-12-15)22(10-14-4-2-1-3-5-14)16-7-9-28(25,26)13-16/h1-6,8,12,16H,7,9-11,13H2/t16-/m1/s1. The molecule has 0 spiro atoms. The van der Waals surface area contributed by atoms with E-state index in [0.29, 0.717) is 18.8 Å². The molecule has 3 heterocycles. The van der Waals surface area contributed by atoms with Crippen molar-refractivity contribution in [2.75, 3.05) is 11.5 Å². The van der Waals surface area contributed by atoms with Gasteiger partial charge in [0.2, 0.25) is 11.7 Å². The Bertz CT molecular complexity index is 1050. The number of hydrogen-bond donors (Lipinski definition) is 0. The normalized spacial score (nSPS) is 18.2. The molecular formula is C18H19N5O3S2. The largest absolute Gasteiger partial charge is 0.333 e. The molecule has 1 aliphatic heterocycles. The topological polar surface area (TPSA) is 98.1 Å². The number of rotatable bonds is 6. The minimum Gasteiger partial charge on any atom is -0.333 e. The molecule has 0 radical (unpaired) electrons.